The van der Waals surface area contributed by atoms with E-state index in [4.69, 9.17) is 27.9 Å². The zero-order valence-electron chi connectivity index (χ0n) is 23.5. The maximum absolute atomic E-state index is 13.0. The molecule has 1 aliphatic carbocycles. The van der Waals surface area contributed by atoms with Crippen LogP contribution in [0.5, 0.6) is 5.75 Å². The first-order valence-corrected chi connectivity index (χ1v) is 15.5. The third-order valence-corrected chi connectivity index (χ3v) is 9.03. The fourth-order valence-corrected chi connectivity index (χ4v) is 6.85. The molecule has 0 radical (unpaired) electrons. The van der Waals surface area contributed by atoms with Crippen molar-refractivity contribution in [2.45, 2.75) is 44.3 Å². The van der Waals surface area contributed by atoms with Crippen molar-refractivity contribution >= 4 is 40.3 Å². The fourth-order valence-electron chi connectivity index (χ4n) is 6.33. The first-order chi connectivity index (χ1) is 20.4. The molecule has 42 heavy (non-hydrogen) atoms. The summed E-state index contributed by atoms with van der Waals surface area (Å²) >= 11 is 13.0. The van der Waals surface area contributed by atoms with E-state index in [0.29, 0.717) is 35.1 Å². The smallest absolute Gasteiger partial charge is 0.254 e. The highest BCUT2D eigenvalue weighted by atomic mass is 35.5. The van der Waals surface area contributed by atoms with Crippen LogP contribution in [-0.4, -0.2) is 72.4 Å². The summed E-state index contributed by atoms with van der Waals surface area (Å²) in [7, 11) is 0. The zero-order valence-corrected chi connectivity index (χ0v) is 25.0. The summed E-state index contributed by atoms with van der Waals surface area (Å²) in [6, 6.07) is 19.8. The minimum atomic E-state index is -0.433. The highest BCUT2D eigenvalue weighted by Crippen LogP contribution is 2.43. The van der Waals surface area contributed by atoms with E-state index in [1.807, 2.05) is 36.4 Å². The molecule has 0 bridgehead atoms. The lowest BCUT2D eigenvalue weighted by Crippen LogP contribution is -2.53. The number of halogens is 3. The monoisotopic (exact) mass is 608 g/mol. The number of aryl methyl sites for hydroxylation is 1. The number of rotatable bonds is 8. The minimum Gasteiger partial charge on any atom is -0.489 e. The number of carbonyl (C=O) groups excluding carboxylic acids is 1. The number of aliphatic hydroxyl groups excluding tert-OH is 1. The lowest BCUT2D eigenvalue weighted by atomic mass is 9.87. The number of fused-ring (bicyclic) bond motifs is 1. The van der Waals surface area contributed by atoms with Crippen molar-refractivity contribution in [1.29, 1.82) is 0 Å². The maximum atomic E-state index is 13.0. The Kier molecular flexibility index (Phi) is 8.87. The van der Waals surface area contributed by atoms with Gasteiger partial charge in [0.05, 0.1) is 12.8 Å². The Bertz CT molecular complexity index is 1490. The molecule has 5 nitrogen and oxygen atoms in total. The number of nitrogens with zero attached hydrogens (tertiary/aromatic N) is 2. The Morgan fingerprint density at radius 3 is 2.50 bits per heavy atom. The molecule has 1 atom stereocenters. The average Bonchev–Trinajstić information content (AvgIpc) is 3.33. The van der Waals surface area contributed by atoms with Gasteiger partial charge in [0.2, 0.25) is 0 Å². The summed E-state index contributed by atoms with van der Waals surface area (Å²) in [6.45, 7) is 2.99. The summed E-state index contributed by atoms with van der Waals surface area (Å²) < 4.78 is 18.9. The molecule has 3 aromatic rings. The van der Waals surface area contributed by atoms with Crippen molar-refractivity contribution in [3.05, 3.63) is 98.5 Å². The Labute approximate surface area is 256 Å². The van der Waals surface area contributed by atoms with Crippen LogP contribution < -0.4 is 4.74 Å². The van der Waals surface area contributed by atoms with Gasteiger partial charge in [-0.2, -0.15) is 0 Å². The number of alkyl halides is 1. The summed E-state index contributed by atoms with van der Waals surface area (Å²) in [5, 5.41) is 10.9. The zero-order chi connectivity index (χ0) is 29.2. The van der Waals surface area contributed by atoms with E-state index in [1.54, 1.807) is 11.0 Å². The van der Waals surface area contributed by atoms with Gasteiger partial charge in [0, 0.05) is 48.3 Å². The largest absolute Gasteiger partial charge is 0.489 e. The number of hydrogen-bond donors (Lipinski definition) is 1. The average molecular weight is 610 g/mol. The summed E-state index contributed by atoms with van der Waals surface area (Å²) in [5.74, 6) is 0.768. The normalized spacial score (nSPS) is 19.4. The van der Waals surface area contributed by atoms with Crippen LogP contribution in [0.15, 0.2) is 60.7 Å². The molecular formula is C34H35Cl2FN2O3. The standard InChI is InChI=1S/C34H35Cl2FN2O3/c35-25-8-12-30(32(36)18-25)31-4-1-3-23-17-24(34(41)39-19-26(40)20-39)7-11-29(23)33(31)22-5-9-27(10-6-22)42-28-13-16-38(21-28)15-2-14-37/h5-12,17-18,26,28,40H,1-4,13-16,19-21H2/t28-/m0/s1. The van der Waals surface area contributed by atoms with E-state index in [0.717, 1.165) is 84.5 Å². The summed E-state index contributed by atoms with van der Waals surface area (Å²) in [4.78, 5) is 17.0. The Balaban J connectivity index is 1.34. The van der Waals surface area contributed by atoms with Crippen molar-refractivity contribution in [3.63, 3.8) is 0 Å². The topological polar surface area (TPSA) is 53.0 Å². The molecular weight excluding hydrogens is 574 g/mol. The second-order valence-corrected chi connectivity index (χ2v) is 12.3. The summed E-state index contributed by atoms with van der Waals surface area (Å²) in [6.07, 6.45) is 3.73. The second-order valence-electron chi connectivity index (χ2n) is 11.5. The molecule has 3 aromatic carbocycles. The van der Waals surface area contributed by atoms with E-state index < -0.39 is 6.10 Å². The molecule has 2 saturated heterocycles. The molecule has 2 heterocycles. The van der Waals surface area contributed by atoms with E-state index >= 15 is 0 Å². The van der Waals surface area contributed by atoms with Gasteiger partial charge in [0.15, 0.2) is 0 Å². The number of allylic oxidation sites excluding steroid dienone is 1. The molecule has 2 aliphatic heterocycles. The van der Waals surface area contributed by atoms with Crippen LogP contribution in [-0.2, 0) is 6.42 Å². The molecule has 6 rings (SSSR count). The Morgan fingerprint density at radius 2 is 1.76 bits per heavy atom. The van der Waals surface area contributed by atoms with Crippen molar-refractivity contribution < 1.29 is 19.0 Å². The highest BCUT2D eigenvalue weighted by molar-refractivity contribution is 6.36. The maximum Gasteiger partial charge on any atom is 0.254 e. The number of hydrogen-bond acceptors (Lipinski definition) is 4. The fraction of sp³-hybridized carbons (Fsp3) is 0.382. The van der Waals surface area contributed by atoms with Crippen LogP contribution in [0, 0.1) is 0 Å². The lowest BCUT2D eigenvalue weighted by Gasteiger charge is -2.36. The number of carbonyl (C=O) groups is 1. The number of β-amino-alcohol motifs (C(OH)–C–C–N with tert-alkyl or cyclic N) is 1. The predicted octanol–water partition coefficient (Wildman–Crippen LogP) is 6.92. The van der Waals surface area contributed by atoms with Crippen LogP contribution in [0.25, 0.3) is 11.1 Å². The number of ether oxygens (including phenoxy) is 1. The van der Waals surface area contributed by atoms with Gasteiger partial charge in [-0.1, -0.05) is 47.5 Å². The van der Waals surface area contributed by atoms with Crippen LogP contribution >= 0.6 is 23.2 Å². The van der Waals surface area contributed by atoms with E-state index in [-0.39, 0.29) is 18.7 Å². The third kappa shape index (κ3) is 6.23. The van der Waals surface area contributed by atoms with Crippen LogP contribution in [0.2, 0.25) is 10.0 Å². The van der Waals surface area contributed by atoms with Crippen molar-refractivity contribution in [2.75, 3.05) is 39.4 Å². The van der Waals surface area contributed by atoms with Gasteiger partial charge in [-0.25, -0.2) is 0 Å². The molecule has 1 amide bonds. The van der Waals surface area contributed by atoms with Crippen LogP contribution in [0.1, 0.15) is 58.3 Å². The number of aliphatic hydroxyl groups is 1. The quantitative estimate of drug-likeness (QED) is 0.302. The number of likely N-dealkylation sites (tertiary alicyclic amines) is 2. The Hall–Kier alpha value is -2.90. The number of benzene rings is 3. The van der Waals surface area contributed by atoms with Crippen molar-refractivity contribution in [3.8, 4) is 5.75 Å². The van der Waals surface area contributed by atoms with Crippen molar-refractivity contribution in [2.24, 2.45) is 0 Å². The predicted molar refractivity (Wildman–Crippen MR) is 166 cm³/mol. The highest BCUT2D eigenvalue weighted by Gasteiger charge is 2.30. The Morgan fingerprint density at radius 1 is 0.976 bits per heavy atom. The first kappa shape index (κ1) is 29.2. The molecule has 220 valence electrons. The molecule has 0 unspecified atom stereocenters. The van der Waals surface area contributed by atoms with Gasteiger partial charge >= 0.3 is 0 Å². The second kappa shape index (κ2) is 12.8. The van der Waals surface area contributed by atoms with Gasteiger partial charge in [0.25, 0.3) is 5.91 Å². The lowest BCUT2D eigenvalue weighted by molar-refractivity contribution is 0.00589. The van der Waals surface area contributed by atoms with Gasteiger partial charge in [-0.15, -0.1) is 0 Å². The van der Waals surface area contributed by atoms with E-state index in [2.05, 4.69) is 23.1 Å². The van der Waals surface area contributed by atoms with Gasteiger partial charge in [-0.05, 0) is 102 Å². The molecule has 3 aliphatic rings. The molecule has 0 saturated carbocycles. The van der Waals surface area contributed by atoms with Gasteiger partial charge in [-0.3, -0.25) is 14.1 Å². The third-order valence-electron chi connectivity index (χ3n) is 8.48. The van der Waals surface area contributed by atoms with Gasteiger partial charge in [0.1, 0.15) is 11.9 Å². The molecule has 0 spiro atoms. The SMILES string of the molecule is O=C(c1ccc2c(c1)CCCC(c1ccc(Cl)cc1Cl)=C2c1ccc(O[C@H]2CCN(CCCF)C2)cc1)N1CC(O)C1. The summed E-state index contributed by atoms with van der Waals surface area (Å²) in [5.41, 5.74) is 7.10. The number of amides is 1. The van der Waals surface area contributed by atoms with Gasteiger partial charge < -0.3 is 14.7 Å². The molecule has 1 N–H and O–H groups in total. The van der Waals surface area contributed by atoms with E-state index in [1.165, 1.54) is 0 Å². The molecule has 0 aromatic heterocycles. The minimum absolute atomic E-state index is 0.0458. The van der Waals surface area contributed by atoms with Crippen molar-refractivity contribution in [1.82, 2.24) is 9.80 Å². The van der Waals surface area contributed by atoms with Crippen LogP contribution in [0.3, 0.4) is 0 Å². The van der Waals surface area contributed by atoms with E-state index in [9.17, 15) is 14.3 Å². The van der Waals surface area contributed by atoms with Crippen LogP contribution in [0.4, 0.5) is 4.39 Å². The molecule has 8 heteroatoms. The molecule has 2 fully saturated rings. The first-order valence-electron chi connectivity index (χ1n) is 14.7.